The van der Waals surface area contributed by atoms with Crippen molar-refractivity contribution < 1.29 is 19.5 Å². The van der Waals surface area contributed by atoms with Gasteiger partial charge >= 0.3 is 5.97 Å². The first-order valence-corrected chi connectivity index (χ1v) is 7.41. The van der Waals surface area contributed by atoms with E-state index in [0.29, 0.717) is 23.5 Å². The smallest absolute Gasteiger partial charge is 0.307 e. The van der Waals surface area contributed by atoms with Crippen molar-refractivity contribution in [2.45, 2.75) is 6.42 Å². The summed E-state index contributed by atoms with van der Waals surface area (Å²) in [5.41, 5.74) is 0.971. The van der Waals surface area contributed by atoms with Gasteiger partial charge in [-0.25, -0.2) is 4.98 Å². The first kappa shape index (κ1) is 15.7. The zero-order valence-corrected chi connectivity index (χ0v) is 12.6. The van der Waals surface area contributed by atoms with Gasteiger partial charge < -0.3 is 15.7 Å². The van der Waals surface area contributed by atoms with Gasteiger partial charge in [0, 0.05) is 5.56 Å². The maximum Gasteiger partial charge on any atom is 0.307 e. The number of carboxylic acid groups (broad SMARTS) is 1. The molecule has 7 heteroatoms. The number of carboxylic acids is 1. The number of benzene rings is 1. The fraction of sp³-hybridized carbons (Fsp3) is 0.176. The SMILES string of the molecule is O=C(Nc1ccc(NC(=O)C2CC2C(=O)O)cn1)c1ccccc1. The number of nitrogens with zero attached hydrogens (tertiary/aromatic N) is 1. The molecule has 0 aliphatic heterocycles. The van der Waals surface area contributed by atoms with Crippen molar-refractivity contribution in [3.8, 4) is 0 Å². The molecule has 0 radical (unpaired) electrons. The van der Waals surface area contributed by atoms with Gasteiger partial charge in [-0.05, 0) is 30.7 Å². The first-order chi connectivity index (χ1) is 11.5. The van der Waals surface area contributed by atoms with E-state index < -0.39 is 17.8 Å². The highest BCUT2D eigenvalue weighted by Gasteiger charge is 2.48. The Morgan fingerprint density at radius 1 is 1.00 bits per heavy atom. The molecule has 0 bridgehead atoms. The Bertz CT molecular complexity index is 774. The molecule has 2 aromatic rings. The van der Waals surface area contributed by atoms with Gasteiger partial charge in [-0.15, -0.1) is 0 Å². The third-order valence-corrected chi connectivity index (χ3v) is 3.75. The molecule has 3 N–H and O–H groups in total. The van der Waals surface area contributed by atoms with Crippen molar-refractivity contribution in [1.82, 2.24) is 4.98 Å². The molecule has 1 aliphatic rings. The van der Waals surface area contributed by atoms with Crippen LogP contribution in [0.4, 0.5) is 11.5 Å². The van der Waals surface area contributed by atoms with Gasteiger partial charge in [0.05, 0.1) is 23.7 Å². The number of hydrogen-bond donors (Lipinski definition) is 3. The van der Waals surface area contributed by atoms with Gasteiger partial charge in [-0.3, -0.25) is 14.4 Å². The van der Waals surface area contributed by atoms with E-state index in [1.165, 1.54) is 6.20 Å². The Balaban J connectivity index is 1.57. The van der Waals surface area contributed by atoms with E-state index in [4.69, 9.17) is 5.11 Å². The lowest BCUT2D eigenvalue weighted by Crippen LogP contribution is -2.17. The van der Waals surface area contributed by atoms with Gasteiger partial charge in [0.25, 0.3) is 5.91 Å². The van der Waals surface area contributed by atoms with Crippen LogP contribution >= 0.6 is 0 Å². The molecule has 2 unspecified atom stereocenters. The predicted molar refractivity (Wildman–Crippen MR) is 86.5 cm³/mol. The standard InChI is InChI=1S/C17H15N3O4/c21-15(10-4-2-1-3-5-10)20-14-7-6-11(9-18-14)19-16(22)12-8-13(12)17(23)24/h1-7,9,12-13H,8H2,(H,19,22)(H,23,24)(H,18,20,21). The second-order valence-electron chi connectivity index (χ2n) is 5.53. The molecule has 0 spiro atoms. The molecule has 1 aliphatic carbocycles. The lowest BCUT2D eigenvalue weighted by molar-refractivity contribution is -0.139. The summed E-state index contributed by atoms with van der Waals surface area (Å²) < 4.78 is 0. The maximum atomic E-state index is 12.0. The molecule has 1 aromatic heterocycles. The van der Waals surface area contributed by atoms with Gasteiger partial charge in [0.1, 0.15) is 5.82 Å². The monoisotopic (exact) mass is 325 g/mol. The van der Waals surface area contributed by atoms with Crippen molar-refractivity contribution >= 4 is 29.3 Å². The van der Waals surface area contributed by atoms with E-state index in [1.54, 1.807) is 36.4 Å². The fourth-order valence-corrected chi connectivity index (χ4v) is 2.31. The topological polar surface area (TPSA) is 108 Å². The second-order valence-corrected chi connectivity index (χ2v) is 5.53. The molecule has 2 amide bonds. The summed E-state index contributed by atoms with van der Waals surface area (Å²) in [5.74, 6) is -2.28. The van der Waals surface area contributed by atoms with Crippen LogP contribution in [0.3, 0.4) is 0 Å². The predicted octanol–water partition coefficient (Wildman–Crippen LogP) is 1.99. The minimum Gasteiger partial charge on any atom is -0.481 e. The molecule has 122 valence electrons. The van der Waals surface area contributed by atoms with Gasteiger partial charge in [0.2, 0.25) is 5.91 Å². The third kappa shape index (κ3) is 3.57. The number of pyridine rings is 1. The van der Waals surface area contributed by atoms with Crippen LogP contribution in [0.2, 0.25) is 0 Å². The Kier molecular flexibility index (Phi) is 4.24. The summed E-state index contributed by atoms with van der Waals surface area (Å²) in [6, 6.07) is 11.9. The third-order valence-electron chi connectivity index (χ3n) is 3.75. The lowest BCUT2D eigenvalue weighted by atomic mass is 10.2. The number of anilines is 2. The zero-order valence-electron chi connectivity index (χ0n) is 12.6. The van der Waals surface area contributed by atoms with Gasteiger partial charge in [-0.1, -0.05) is 18.2 Å². The van der Waals surface area contributed by atoms with Crippen molar-refractivity contribution in [2.75, 3.05) is 10.6 Å². The van der Waals surface area contributed by atoms with E-state index in [-0.39, 0.29) is 11.8 Å². The van der Waals surface area contributed by atoms with Crippen molar-refractivity contribution in [3.63, 3.8) is 0 Å². The quantitative estimate of drug-likeness (QED) is 0.779. The molecule has 1 saturated carbocycles. The molecule has 3 rings (SSSR count). The summed E-state index contributed by atoms with van der Waals surface area (Å²) in [5, 5.41) is 14.1. The van der Waals surface area contributed by atoms with E-state index >= 15 is 0 Å². The molecule has 0 saturated heterocycles. The highest BCUT2D eigenvalue weighted by Crippen LogP contribution is 2.39. The Morgan fingerprint density at radius 2 is 1.75 bits per heavy atom. The number of hydrogen-bond acceptors (Lipinski definition) is 4. The highest BCUT2D eigenvalue weighted by atomic mass is 16.4. The van der Waals surface area contributed by atoms with Crippen LogP contribution in [0.5, 0.6) is 0 Å². The minimum absolute atomic E-state index is 0.276. The second kappa shape index (κ2) is 6.49. The lowest BCUT2D eigenvalue weighted by Gasteiger charge is -2.07. The number of carbonyl (C=O) groups is 3. The van der Waals surface area contributed by atoms with Crippen LogP contribution in [0.25, 0.3) is 0 Å². The van der Waals surface area contributed by atoms with Crippen molar-refractivity contribution in [2.24, 2.45) is 11.8 Å². The zero-order chi connectivity index (χ0) is 17.1. The minimum atomic E-state index is -0.952. The molecule has 2 atom stereocenters. The van der Waals surface area contributed by atoms with Crippen LogP contribution < -0.4 is 10.6 Å². The van der Waals surface area contributed by atoms with Gasteiger partial charge in [0.15, 0.2) is 0 Å². The average molecular weight is 325 g/mol. The largest absolute Gasteiger partial charge is 0.481 e. The Labute approximate surface area is 137 Å². The number of nitrogens with one attached hydrogen (secondary N) is 2. The summed E-state index contributed by atoms with van der Waals surface area (Å²) in [6.07, 6.45) is 1.77. The van der Waals surface area contributed by atoms with Crippen LogP contribution in [-0.2, 0) is 9.59 Å². The highest BCUT2D eigenvalue weighted by molar-refractivity contribution is 6.04. The van der Waals surface area contributed by atoms with Crippen molar-refractivity contribution in [3.05, 3.63) is 54.2 Å². The average Bonchev–Trinajstić information content (AvgIpc) is 3.38. The number of aliphatic carboxylic acids is 1. The molecule has 7 nitrogen and oxygen atoms in total. The van der Waals surface area contributed by atoms with Crippen LogP contribution in [0, 0.1) is 11.8 Å². The molecular formula is C17H15N3O4. The molecular weight excluding hydrogens is 310 g/mol. The Hall–Kier alpha value is -3.22. The van der Waals surface area contributed by atoms with Gasteiger partial charge in [-0.2, -0.15) is 0 Å². The summed E-state index contributed by atoms with van der Waals surface area (Å²) >= 11 is 0. The molecule has 1 fully saturated rings. The Morgan fingerprint density at radius 3 is 2.33 bits per heavy atom. The van der Waals surface area contributed by atoms with Crippen LogP contribution in [0.15, 0.2) is 48.7 Å². The molecule has 1 heterocycles. The summed E-state index contributed by atoms with van der Waals surface area (Å²) in [6.45, 7) is 0. The fourth-order valence-electron chi connectivity index (χ4n) is 2.31. The van der Waals surface area contributed by atoms with Crippen LogP contribution in [0.1, 0.15) is 16.8 Å². The molecule has 1 aromatic carbocycles. The number of rotatable bonds is 5. The van der Waals surface area contributed by atoms with Crippen molar-refractivity contribution in [1.29, 1.82) is 0 Å². The normalized spacial score (nSPS) is 18.5. The first-order valence-electron chi connectivity index (χ1n) is 7.41. The van der Waals surface area contributed by atoms with E-state index in [0.717, 1.165) is 0 Å². The van der Waals surface area contributed by atoms with E-state index in [1.807, 2.05) is 6.07 Å². The van der Waals surface area contributed by atoms with Crippen LogP contribution in [-0.4, -0.2) is 27.9 Å². The number of aromatic nitrogens is 1. The maximum absolute atomic E-state index is 12.0. The number of carbonyl (C=O) groups excluding carboxylic acids is 2. The van der Waals surface area contributed by atoms with E-state index in [2.05, 4.69) is 15.6 Å². The number of amides is 2. The summed E-state index contributed by atoms with van der Waals surface area (Å²) in [4.78, 5) is 38.7. The molecule has 24 heavy (non-hydrogen) atoms. The van der Waals surface area contributed by atoms with E-state index in [9.17, 15) is 14.4 Å². The summed E-state index contributed by atoms with van der Waals surface area (Å²) in [7, 11) is 0.